The topological polar surface area (TPSA) is 66.5 Å². The van der Waals surface area contributed by atoms with E-state index in [1.807, 2.05) is 6.07 Å². The summed E-state index contributed by atoms with van der Waals surface area (Å²) in [7, 11) is -3.43. The number of hydrogen-bond donors (Lipinski definition) is 1. The minimum absolute atomic E-state index is 0.0196. The Bertz CT molecular complexity index is 975. The van der Waals surface area contributed by atoms with E-state index in [9.17, 15) is 13.2 Å². The van der Waals surface area contributed by atoms with E-state index in [1.165, 1.54) is 18.4 Å². The molecule has 5 nitrogen and oxygen atoms in total. The molecule has 2 aromatic carbocycles. The van der Waals surface area contributed by atoms with Crippen molar-refractivity contribution in [2.45, 2.75) is 61.7 Å². The molecule has 6 heteroatoms. The fraction of sp³-hybridized carbons (Fsp3) is 0.480. The number of piperidine rings is 1. The van der Waals surface area contributed by atoms with E-state index < -0.39 is 10.0 Å². The molecule has 1 saturated heterocycles. The van der Waals surface area contributed by atoms with Gasteiger partial charge in [-0.15, -0.1) is 0 Å². The Morgan fingerprint density at radius 1 is 0.871 bits per heavy atom. The lowest BCUT2D eigenvalue weighted by atomic mass is 9.79. The van der Waals surface area contributed by atoms with Gasteiger partial charge in [0.2, 0.25) is 15.9 Å². The van der Waals surface area contributed by atoms with Gasteiger partial charge in [-0.3, -0.25) is 4.79 Å². The molecule has 0 aromatic heterocycles. The first-order valence-electron chi connectivity index (χ1n) is 11.4. The molecule has 0 bridgehead atoms. The van der Waals surface area contributed by atoms with Crippen LogP contribution in [0.4, 0.5) is 0 Å². The van der Waals surface area contributed by atoms with Crippen molar-refractivity contribution in [1.29, 1.82) is 0 Å². The predicted octanol–water partition coefficient (Wildman–Crippen LogP) is 4.03. The summed E-state index contributed by atoms with van der Waals surface area (Å²) < 4.78 is 27.1. The van der Waals surface area contributed by atoms with Crippen molar-refractivity contribution in [2.75, 3.05) is 19.6 Å². The van der Waals surface area contributed by atoms with Crippen LogP contribution in [-0.4, -0.2) is 38.3 Å². The summed E-state index contributed by atoms with van der Waals surface area (Å²) in [6.45, 7) is 1.84. The van der Waals surface area contributed by atoms with Gasteiger partial charge in [-0.2, -0.15) is 4.31 Å². The van der Waals surface area contributed by atoms with Crippen molar-refractivity contribution in [3.05, 3.63) is 65.7 Å². The van der Waals surface area contributed by atoms with Crippen LogP contribution < -0.4 is 5.32 Å². The number of carbonyl (C=O) groups is 1. The summed E-state index contributed by atoms with van der Waals surface area (Å²) in [4.78, 5) is 12.9. The lowest BCUT2D eigenvalue weighted by molar-refractivity contribution is -0.120. The number of rotatable bonds is 7. The largest absolute Gasteiger partial charge is 0.355 e. The van der Waals surface area contributed by atoms with Gasteiger partial charge in [0, 0.05) is 25.0 Å². The summed E-state index contributed by atoms with van der Waals surface area (Å²) in [6.07, 6.45) is 7.76. The highest BCUT2D eigenvalue weighted by molar-refractivity contribution is 7.89. The van der Waals surface area contributed by atoms with Gasteiger partial charge >= 0.3 is 0 Å². The molecule has 166 valence electrons. The van der Waals surface area contributed by atoms with Gasteiger partial charge in [-0.1, -0.05) is 61.7 Å². The molecule has 0 spiro atoms. The minimum atomic E-state index is -3.43. The number of amides is 1. The first-order chi connectivity index (χ1) is 15.0. The van der Waals surface area contributed by atoms with Crippen molar-refractivity contribution in [3.63, 3.8) is 0 Å². The highest BCUT2D eigenvalue weighted by Gasteiger charge is 2.35. The van der Waals surface area contributed by atoms with Crippen molar-refractivity contribution < 1.29 is 13.2 Å². The maximum absolute atomic E-state index is 12.8. The van der Waals surface area contributed by atoms with Crippen molar-refractivity contribution in [2.24, 2.45) is 0 Å². The molecule has 1 amide bonds. The summed E-state index contributed by atoms with van der Waals surface area (Å²) in [5, 5.41) is 3.14. The maximum atomic E-state index is 12.8. The summed E-state index contributed by atoms with van der Waals surface area (Å²) in [6, 6.07) is 17.3. The first kappa shape index (κ1) is 22.0. The van der Waals surface area contributed by atoms with Crippen LogP contribution in [-0.2, 0) is 26.7 Å². The number of nitrogens with zero attached hydrogens (tertiary/aromatic N) is 1. The van der Waals surface area contributed by atoms with Gasteiger partial charge in [0.05, 0.1) is 11.3 Å². The van der Waals surface area contributed by atoms with Crippen molar-refractivity contribution in [1.82, 2.24) is 9.62 Å². The molecular formula is C25H32N2O3S. The van der Waals surface area contributed by atoms with Crippen molar-refractivity contribution in [3.8, 4) is 0 Å². The summed E-state index contributed by atoms with van der Waals surface area (Å²) in [5.74, 6) is -0.0196. The molecule has 31 heavy (non-hydrogen) atoms. The number of benzene rings is 2. The van der Waals surface area contributed by atoms with Crippen LogP contribution in [0.1, 0.15) is 56.1 Å². The van der Waals surface area contributed by atoms with E-state index in [4.69, 9.17) is 0 Å². The zero-order valence-electron chi connectivity index (χ0n) is 18.1. The highest BCUT2D eigenvalue weighted by atomic mass is 32.2. The van der Waals surface area contributed by atoms with Crippen LogP contribution >= 0.6 is 0 Å². The number of hydrogen-bond acceptors (Lipinski definition) is 3. The quantitative estimate of drug-likeness (QED) is 0.707. The summed E-state index contributed by atoms with van der Waals surface area (Å²) in [5.41, 5.74) is 2.17. The molecule has 1 aliphatic carbocycles. The predicted molar refractivity (Wildman–Crippen MR) is 122 cm³/mol. The second kappa shape index (κ2) is 9.53. The maximum Gasteiger partial charge on any atom is 0.243 e. The van der Waals surface area contributed by atoms with Gasteiger partial charge in [0.15, 0.2) is 0 Å². The number of sulfonamides is 1. The van der Waals surface area contributed by atoms with Gasteiger partial charge < -0.3 is 5.32 Å². The Kier molecular flexibility index (Phi) is 6.77. The SMILES string of the molecule is O=C(Cc1ccc(S(=O)(=O)N2CCCCC2)cc1)NCC1(c2ccccc2)CCCC1. The molecule has 1 saturated carbocycles. The standard InChI is InChI=1S/C25H32N2O3S/c28-24(26-20-25(15-5-6-16-25)22-9-3-1-4-10-22)19-21-11-13-23(14-12-21)31(29,30)27-17-7-2-8-18-27/h1,3-4,9-14H,2,5-8,15-20H2,(H,26,28). The number of nitrogens with one attached hydrogen (secondary N) is 1. The van der Waals surface area contributed by atoms with E-state index in [-0.39, 0.29) is 17.7 Å². The molecular weight excluding hydrogens is 408 g/mol. The van der Waals surface area contributed by atoms with Crippen LogP contribution in [0.15, 0.2) is 59.5 Å². The van der Waals surface area contributed by atoms with E-state index in [1.54, 1.807) is 28.6 Å². The molecule has 1 aliphatic heterocycles. The smallest absolute Gasteiger partial charge is 0.243 e. The van der Waals surface area contributed by atoms with Crippen LogP contribution in [0.3, 0.4) is 0 Å². The van der Waals surface area contributed by atoms with Gasteiger partial charge in [0.1, 0.15) is 0 Å². The Labute approximate surface area is 185 Å². The molecule has 1 N–H and O–H groups in total. The lowest BCUT2D eigenvalue weighted by Crippen LogP contribution is -2.39. The Balaban J connectivity index is 1.36. The average Bonchev–Trinajstić information content (AvgIpc) is 3.30. The van der Waals surface area contributed by atoms with E-state index >= 15 is 0 Å². The second-order valence-electron chi connectivity index (χ2n) is 8.92. The van der Waals surface area contributed by atoms with E-state index in [0.29, 0.717) is 24.5 Å². The monoisotopic (exact) mass is 440 g/mol. The van der Waals surface area contributed by atoms with Crippen LogP contribution in [0.2, 0.25) is 0 Å². The van der Waals surface area contributed by atoms with Gasteiger partial charge in [-0.25, -0.2) is 8.42 Å². The number of carbonyl (C=O) groups excluding carboxylic acids is 1. The van der Waals surface area contributed by atoms with Crippen LogP contribution in [0.25, 0.3) is 0 Å². The molecule has 2 aromatic rings. The molecule has 2 aliphatic rings. The highest BCUT2D eigenvalue weighted by Crippen LogP contribution is 2.40. The van der Waals surface area contributed by atoms with Gasteiger partial charge in [-0.05, 0) is 48.9 Å². The molecule has 0 unspecified atom stereocenters. The average molecular weight is 441 g/mol. The van der Waals surface area contributed by atoms with Crippen LogP contribution in [0, 0.1) is 0 Å². The Morgan fingerprint density at radius 2 is 1.52 bits per heavy atom. The fourth-order valence-electron chi connectivity index (χ4n) is 4.96. The third-order valence-electron chi connectivity index (χ3n) is 6.81. The first-order valence-corrected chi connectivity index (χ1v) is 12.9. The Morgan fingerprint density at radius 3 is 2.16 bits per heavy atom. The minimum Gasteiger partial charge on any atom is -0.355 e. The molecule has 4 rings (SSSR count). The zero-order chi connectivity index (χ0) is 21.7. The van der Waals surface area contributed by atoms with E-state index in [0.717, 1.165) is 37.7 Å². The fourth-order valence-corrected chi connectivity index (χ4v) is 6.48. The summed E-state index contributed by atoms with van der Waals surface area (Å²) >= 11 is 0. The zero-order valence-corrected chi connectivity index (χ0v) is 18.9. The second-order valence-corrected chi connectivity index (χ2v) is 10.9. The normalized spacial score (nSPS) is 19.2. The van der Waals surface area contributed by atoms with Crippen LogP contribution in [0.5, 0.6) is 0 Å². The molecule has 1 heterocycles. The molecule has 2 fully saturated rings. The van der Waals surface area contributed by atoms with Gasteiger partial charge in [0.25, 0.3) is 0 Å². The lowest BCUT2D eigenvalue weighted by Gasteiger charge is -2.30. The third-order valence-corrected chi connectivity index (χ3v) is 8.72. The van der Waals surface area contributed by atoms with E-state index in [2.05, 4.69) is 29.6 Å². The Hall–Kier alpha value is -2.18. The molecule has 0 radical (unpaired) electrons. The molecule has 0 atom stereocenters. The van der Waals surface area contributed by atoms with Crippen molar-refractivity contribution >= 4 is 15.9 Å². The third kappa shape index (κ3) is 5.01.